The van der Waals surface area contributed by atoms with Crippen LogP contribution in [0.2, 0.25) is 0 Å². The van der Waals surface area contributed by atoms with Crippen LogP contribution in [0.4, 0.5) is 23.7 Å². The van der Waals surface area contributed by atoms with Gasteiger partial charge in [-0.05, 0) is 36.4 Å². The standard InChI is InChI=1S/C22H17F3N6O3/c23-22(24,25)33-15-8-6-13(7-9-15)19-29-20(34-30-19)18-10-16-17(27-12-26-16)11-31(18)21(32)28-14-4-2-1-3-5-14/h1-9,12,18H,10-11H2,(H,26,27)(H,28,32)/t18-/m0/s1. The average molecular weight is 470 g/mol. The monoisotopic (exact) mass is 470 g/mol. The van der Waals surface area contributed by atoms with Crippen LogP contribution in [0.25, 0.3) is 11.4 Å². The van der Waals surface area contributed by atoms with E-state index in [9.17, 15) is 18.0 Å². The van der Waals surface area contributed by atoms with Crippen molar-refractivity contribution in [3.05, 3.63) is 78.2 Å². The van der Waals surface area contributed by atoms with Gasteiger partial charge < -0.3 is 24.5 Å². The van der Waals surface area contributed by atoms with E-state index in [-0.39, 0.29) is 30.0 Å². The second kappa shape index (κ2) is 8.54. The number of nitrogens with zero attached hydrogens (tertiary/aromatic N) is 4. The number of carbonyl (C=O) groups is 1. The Balaban J connectivity index is 1.39. The Bertz CT molecular complexity index is 1290. The number of halogens is 3. The normalized spacial score (nSPS) is 15.6. The third-order valence-electron chi connectivity index (χ3n) is 5.26. The minimum atomic E-state index is -4.78. The molecule has 1 atom stereocenters. The summed E-state index contributed by atoms with van der Waals surface area (Å²) in [5, 5.41) is 6.81. The van der Waals surface area contributed by atoms with Crippen LogP contribution in [0.15, 0.2) is 65.4 Å². The summed E-state index contributed by atoms with van der Waals surface area (Å²) >= 11 is 0. The topological polar surface area (TPSA) is 109 Å². The molecule has 2 aromatic carbocycles. The first kappa shape index (κ1) is 21.5. The number of amides is 2. The Morgan fingerprint density at radius 3 is 2.65 bits per heavy atom. The fourth-order valence-electron chi connectivity index (χ4n) is 3.68. The van der Waals surface area contributed by atoms with E-state index in [2.05, 4.69) is 30.2 Å². The summed E-state index contributed by atoms with van der Waals surface area (Å²) in [6.45, 7) is 0.250. The largest absolute Gasteiger partial charge is 0.573 e. The Kier molecular flexibility index (Phi) is 5.40. The van der Waals surface area contributed by atoms with Gasteiger partial charge in [0.05, 0.1) is 24.3 Å². The maximum Gasteiger partial charge on any atom is 0.573 e. The van der Waals surface area contributed by atoms with E-state index in [1.165, 1.54) is 12.1 Å². The highest BCUT2D eigenvalue weighted by Gasteiger charge is 2.36. The third-order valence-corrected chi connectivity index (χ3v) is 5.26. The Hall–Kier alpha value is -4.35. The molecule has 9 nitrogen and oxygen atoms in total. The summed E-state index contributed by atoms with van der Waals surface area (Å²) in [5.74, 6) is -0.00523. The molecule has 34 heavy (non-hydrogen) atoms. The van der Waals surface area contributed by atoms with Crippen molar-refractivity contribution in [2.75, 3.05) is 5.32 Å². The number of imidazole rings is 1. The molecule has 4 aromatic rings. The van der Waals surface area contributed by atoms with E-state index < -0.39 is 12.4 Å². The van der Waals surface area contributed by atoms with Crippen molar-refractivity contribution >= 4 is 11.7 Å². The minimum absolute atomic E-state index is 0.171. The van der Waals surface area contributed by atoms with Gasteiger partial charge in [0.2, 0.25) is 11.7 Å². The smallest absolute Gasteiger partial charge is 0.406 e. The van der Waals surface area contributed by atoms with E-state index in [0.717, 1.165) is 23.5 Å². The summed E-state index contributed by atoms with van der Waals surface area (Å²) in [4.78, 5) is 26.4. The van der Waals surface area contributed by atoms with Gasteiger partial charge in [-0.2, -0.15) is 4.98 Å². The zero-order chi connectivity index (χ0) is 23.7. The molecule has 0 fully saturated rings. The number of nitrogens with one attached hydrogen (secondary N) is 2. The van der Waals surface area contributed by atoms with Crippen LogP contribution in [0.5, 0.6) is 5.75 Å². The number of ether oxygens (including phenoxy) is 1. The number of fused-ring (bicyclic) bond motifs is 1. The SMILES string of the molecule is O=C(Nc1ccccc1)N1Cc2[nH]cnc2C[C@H]1c1nc(-c2ccc(OC(F)(F)F)cc2)no1. The van der Waals surface area contributed by atoms with Gasteiger partial charge in [-0.25, -0.2) is 9.78 Å². The number of carbonyl (C=O) groups excluding carboxylic acids is 1. The van der Waals surface area contributed by atoms with Crippen LogP contribution in [-0.4, -0.2) is 37.4 Å². The number of benzene rings is 2. The Labute approximate surface area is 190 Å². The lowest BCUT2D eigenvalue weighted by Gasteiger charge is -2.32. The molecule has 1 aliphatic heterocycles. The lowest BCUT2D eigenvalue weighted by molar-refractivity contribution is -0.274. The van der Waals surface area contributed by atoms with E-state index in [1.807, 2.05) is 18.2 Å². The fraction of sp³-hybridized carbons (Fsp3) is 0.182. The van der Waals surface area contributed by atoms with E-state index in [4.69, 9.17) is 4.52 Å². The number of para-hydroxylation sites is 1. The summed E-state index contributed by atoms with van der Waals surface area (Å²) < 4.78 is 46.5. The number of hydrogen-bond acceptors (Lipinski definition) is 6. The number of alkyl halides is 3. The molecule has 0 unspecified atom stereocenters. The summed E-state index contributed by atoms with van der Waals surface area (Å²) in [5.41, 5.74) is 2.65. The second-order valence-electron chi connectivity index (χ2n) is 7.50. The predicted molar refractivity (Wildman–Crippen MR) is 112 cm³/mol. The molecule has 2 aromatic heterocycles. The lowest BCUT2D eigenvalue weighted by Crippen LogP contribution is -2.41. The number of urea groups is 1. The molecule has 0 spiro atoms. The van der Waals surface area contributed by atoms with Gasteiger partial charge >= 0.3 is 12.4 Å². The molecule has 12 heteroatoms. The summed E-state index contributed by atoms with van der Waals surface area (Å²) in [6.07, 6.45) is -2.87. The van der Waals surface area contributed by atoms with Gasteiger partial charge in [0.25, 0.3) is 0 Å². The number of aromatic nitrogens is 4. The highest BCUT2D eigenvalue weighted by atomic mass is 19.4. The number of anilines is 1. The zero-order valence-corrected chi connectivity index (χ0v) is 17.4. The van der Waals surface area contributed by atoms with Crippen LogP contribution < -0.4 is 10.1 Å². The zero-order valence-electron chi connectivity index (χ0n) is 17.4. The number of rotatable bonds is 4. The van der Waals surface area contributed by atoms with Gasteiger partial charge in [-0.3, -0.25) is 0 Å². The third kappa shape index (κ3) is 4.56. The van der Waals surface area contributed by atoms with Crippen molar-refractivity contribution < 1.29 is 27.2 Å². The Morgan fingerprint density at radius 1 is 1.15 bits per heavy atom. The summed E-state index contributed by atoms with van der Waals surface area (Å²) in [7, 11) is 0. The minimum Gasteiger partial charge on any atom is -0.406 e. The van der Waals surface area contributed by atoms with Crippen LogP contribution in [0, 0.1) is 0 Å². The highest BCUT2D eigenvalue weighted by Crippen LogP contribution is 2.33. The van der Waals surface area contributed by atoms with Gasteiger partial charge in [0.1, 0.15) is 11.8 Å². The predicted octanol–water partition coefficient (Wildman–Crippen LogP) is 4.69. The second-order valence-corrected chi connectivity index (χ2v) is 7.50. The highest BCUT2D eigenvalue weighted by molar-refractivity contribution is 5.89. The van der Waals surface area contributed by atoms with Crippen LogP contribution in [0.1, 0.15) is 23.3 Å². The van der Waals surface area contributed by atoms with E-state index in [1.54, 1.807) is 23.4 Å². The van der Waals surface area contributed by atoms with Gasteiger partial charge in [-0.15, -0.1) is 13.2 Å². The summed E-state index contributed by atoms with van der Waals surface area (Å²) in [6, 6.07) is 13.2. The maximum absolute atomic E-state index is 13.1. The molecule has 174 valence electrons. The average Bonchev–Trinajstić information content (AvgIpc) is 3.48. The van der Waals surface area contributed by atoms with Crippen molar-refractivity contribution in [3.8, 4) is 17.1 Å². The Morgan fingerprint density at radius 2 is 1.91 bits per heavy atom. The molecular weight excluding hydrogens is 453 g/mol. The van der Waals surface area contributed by atoms with Crippen LogP contribution >= 0.6 is 0 Å². The van der Waals surface area contributed by atoms with Crippen molar-refractivity contribution in [1.82, 2.24) is 25.0 Å². The van der Waals surface area contributed by atoms with Gasteiger partial charge in [-0.1, -0.05) is 23.4 Å². The molecule has 2 amide bonds. The molecular formula is C22H17F3N6O3. The quantitative estimate of drug-likeness (QED) is 0.448. The van der Waals surface area contributed by atoms with Crippen molar-refractivity contribution in [2.24, 2.45) is 0 Å². The maximum atomic E-state index is 13.1. The lowest BCUT2D eigenvalue weighted by atomic mass is 10.0. The number of H-pyrrole nitrogens is 1. The van der Waals surface area contributed by atoms with Crippen LogP contribution in [-0.2, 0) is 13.0 Å². The molecule has 2 N–H and O–H groups in total. The van der Waals surface area contributed by atoms with Crippen molar-refractivity contribution in [2.45, 2.75) is 25.4 Å². The number of aromatic amines is 1. The van der Waals surface area contributed by atoms with Gasteiger partial charge in [0, 0.05) is 17.7 Å². The fourth-order valence-corrected chi connectivity index (χ4v) is 3.68. The molecule has 1 aliphatic rings. The molecule has 0 saturated heterocycles. The number of hydrogen-bond donors (Lipinski definition) is 2. The molecule has 5 rings (SSSR count). The first-order valence-electron chi connectivity index (χ1n) is 10.2. The van der Waals surface area contributed by atoms with E-state index >= 15 is 0 Å². The molecule has 0 aliphatic carbocycles. The molecule has 3 heterocycles. The van der Waals surface area contributed by atoms with Crippen LogP contribution in [0.3, 0.4) is 0 Å². The van der Waals surface area contributed by atoms with Crippen molar-refractivity contribution in [1.29, 1.82) is 0 Å². The molecule has 0 bridgehead atoms. The molecule has 0 saturated carbocycles. The van der Waals surface area contributed by atoms with Crippen molar-refractivity contribution in [3.63, 3.8) is 0 Å². The van der Waals surface area contributed by atoms with Gasteiger partial charge in [0.15, 0.2) is 0 Å². The molecule has 0 radical (unpaired) electrons. The van der Waals surface area contributed by atoms with E-state index in [0.29, 0.717) is 17.7 Å². The first-order chi connectivity index (χ1) is 16.4. The first-order valence-corrected chi connectivity index (χ1v) is 10.2.